The minimum Gasteiger partial charge on any atom is -0.466 e. The fourth-order valence-corrected chi connectivity index (χ4v) is 2.21. The van der Waals surface area contributed by atoms with Crippen molar-refractivity contribution in [3.05, 3.63) is 24.3 Å². The van der Waals surface area contributed by atoms with Gasteiger partial charge >= 0.3 is 5.97 Å². The fourth-order valence-electron chi connectivity index (χ4n) is 2.21. The van der Waals surface area contributed by atoms with Gasteiger partial charge in [-0.3, -0.25) is 9.59 Å². The largest absolute Gasteiger partial charge is 0.466 e. The summed E-state index contributed by atoms with van der Waals surface area (Å²) in [4.78, 5) is 33.3. The number of carbonyl (C=O) groups excluding carboxylic acids is 2. The molecule has 0 bridgehead atoms. The third-order valence-corrected chi connectivity index (χ3v) is 3.14. The van der Waals surface area contributed by atoms with Crippen LogP contribution in [0.15, 0.2) is 18.7 Å². The van der Waals surface area contributed by atoms with Gasteiger partial charge in [0.15, 0.2) is 0 Å². The monoisotopic (exact) mass is 263 g/mol. The van der Waals surface area contributed by atoms with Gasteiger partial charge in [-0.25, -0.2) is 9.97 Å². The third-order valence-electron chi connectivity index (χ3n) is 3.14. The van der Waals surface area contributed by atoms with Gasteiger partial charge in [0.2, 0.25) is 0 Å². The molecule has 1 aromatic heterocycles. The van der Waals surface area contributed by atoms with Crippen molar-refractivity contribution in [3.63, 3.8) is 0 Å². The fraction of sp³-hybridized carbons (Fsp3) is 0.538. The molecule has 0 spiro atoms. The molecular weight excluding hydrogens is 246 g/mol. The highest BCUT2D eigenvalue weighted by atomic mass is 16.5. The summed E-state index contributed by atoms with van der Waals surface area (Å²) >= 11 is 0. The van der Waals surface area contributed by atoms with E-state index in [9.17, 15) is 9.59 Å². The Balaban J connectivity index is 2.01. The van der Waals surface area contributed by atoms with Crippen molar-refractivity contribution in [2.75, 3.05) is 19.7 Å². The number of nitrogens with zero attached hydrogens (tertiary/aromatic N) is 3. The molecule has 1 saturated heterocycles. The molecule has 6 nitrogen and oxygen atoms in total. The van der Waals surface area contributed by atoms with Crippen molar-refractivity contribution < 1.29 is 14.3 Å². The molecule has 1 atom stereocenters. The molecule has 2 heterocycles. The van der Waals surface area contributed by atoms with E-state index in [1.165, 1.54) is 18.7 Å². The molecule has 0 radical (unpaired) electrons. The topological polar surface area (TPSA) is 72.4 Å². The number of amides is 1. The van der Waals surface area contributed by atoms with E-state index in [0.717, 1.165) is 12.8 Å². The van der Waals surface area contributed by atoms with Crippen LogP contribution in [0.2, 0.25) is 0 Å². The van der Waals surface area contributed by atoms with Crippen molar-refractivity contribution in [3.8, 4) is 0 Å². The molecule has 1 amide bonds. The summed E-state index contributed by atoms with van der Waals surface area (Å²) in [6.07, 6.45) is 5.94. The second-order valence-electron chi connectivity index (χ2n) is 4.47. The summed E-state index contributed by atoms with van der Waals surface area (Å²) < 4.78 is 5.01. The van der Waals surface area contributed by atoms with E-state index in [2.05, 4.69) is 9.97 Å². The maximum atomic E-state index is 12.2. The van der Waals surface area contributed by atoms with Gasteiger partial charge in [-0.15, -0.1) is 0 Å². The first-order chi connectivity index (χ1) is 9.22. The lowest BCUT2D eigenvalue weighted by molar-refractivity contribution is -0.149. The molecule has 1 aromatic rings. The van der Waals surface area contributed by atoms with Crippen molar-refractivity contribution in [2.45, 2.75) is 19.8 Å². The maximum absolute atomic E-state index is 12.2. The van der Waals surface area contributed by atoms with E-state index in [0.29, 0.717) is 25.3 Å². The Morgan fingerprint density at radius 3 is 2.84 bits per heavy atom. The van der Waals surface area contributed by atoms with E-state index in [4.69, 9.17) is 4.74 Å². The van der Waals surface area contributed by atoms with E-state index < -0.39 is 0 Å². The van der Waals surface area contributed by atoms with Crippen LogP contribution >= 0.6 is 0 Å². The normalized spacial score (nSPS) is 19.0. The Morgan fingerprint density at radius 2 is 2.16 bits per heavy atom. The standard InChI is InChI=1S/C13H17N3O3/c1-2-19-13(18)10-4-3-5-16(8-10)12(17)11-6-14-9-15-7-11/h6-7,9-10H,2-5,8H2,1H3/t10-/m0/s1. The van der Waals surface area contributed by atoms with E-state index in [1.807, 2.05) is 0 Å². The number of likely N-dealkylation sites (tertiary alicyclic amines) is 1. The number of ether oxygens (including phenoxy) is 1. The Labute approximate surface area is 111 Å². The number of piperidine rings is 1. The van der Waals surface area contributed by atoms with Crippen molar-refractivity contribution >= 4 is 11.9 Å². The molecule has 1 aliphatic heterocycles. The van der Waals surface area contributed by atoms with Gasteiger partial charge in [-0.05, 0) is 19.8 Å². The smallest absolute Gasteiger partial charge is 0.310 e. The van der Waals surface area contributed by atoms with Gasteiger partial charge in [0.1, 0.15) is 6.33 Å². The predicted molar refractivity (Wildman–Crippen MR) is 67.3 cm³/mol. The molecule has 0 aromatic carbocycles. The highest BCUT2D eigenvalue weighted by molar-refractivity contribution is 5.94. The van der Waals surface area contributed by atoms with Crippen molar-refractivity contribution in [2.24, 2.45) is 5.92 Å². The maximum Gasteiger partial charge on any atom is 0.310 e. The Kier molecular flexibility index (Phi) is 4.43. The molecule has 0 N–H and O–H groups in total. The summed E-state index contributed by atoms with van der Waals surface area (Å²) in [5, 5.41) is 0. The SMILES string of the molecule is CCOC(=O)[C@H]1CCCN(C(=O)c2cncnc2)C1. The van der Waals surface area contributed by atoms with Gasteiger partial charge in [0.25, 0.3) is 5.91 Å². The zero-order valence-electron chi connectivity index (χ0n) is 10.9. The number of rotatable bonds is 3. The molecule has 2 rings (SSSR count). The lowest BCUT2D eigenvalue weighted by atomic mass is 9.98. The van der Waals surface area contributed by atoms with Crippen LogP contribution in [0.4, 0.5) is 0 Å². The van der Waals surface area contributed by atoms with Crippen molar-refractivity contribution in [1.82, 2.24) is 14.9 Å². The van der Waals surface area contributed by atoms with Gasteiger partial charge < -0.3 is 9.64 Å². The van der Waals surface area contributed by atoms with Crippen LogP contribution in [0.3, 0.4) is 0 Å². The minimum absolute atomic E-state index is 0.130. The molecule has 1 fully saturated rings. The Hall–Kier alpha value is -1.98. The predicted octanol–water partition coefficient (Wildman–Crippen LogP) is 0.892. The summed E-state index contributed by atoms with van der Waals surface area (Å²) in [7, 11) is 0. The molecule has 1 aliphatic rings. The zero-order valence-corrected chi connectivity index (χ0v) is 10.9. The number of hydrogen-bond acceptors (Lipinski definition) is 5. The van der Waals surface area contributed by atoms with Crippen LogP contribution in [0.25, 0.3) is 0 Å². The van der Waals surface area contributed by atoms with Crippen LogP contribution in [-0.2, 0) is 9.53 Å². The summed E-state index contributed by atoms with van der Waals surface area (Å²) in [6, 6.07) is 0. The summed E-state index contributed by atoms with van der Waals surface area (Å²) in [6.45, 7) is 3.22. The van der Waals surface area contributed by atoms with E-state index in [1.54, 1.807) is 11.8 Å². The number of esters is 1. The first-order valence-corrected chi connectivity index (χ1v) is 6.43. The molecule has 19 heavy (non-hydrogen) atoms. The molecule has 0 saturated carbocycles. The molecular formula is C13H17N3O3. The summed E-state index contributed by atoms with van der Waals surface area (Å²) in [5.41, 5.74) is 0.451. The molecule has 0 unspecified atom stereocenters. The average molecular weight is 263 g/mol. The second kappa shape index (κ2) is 6.26. The van der Waals surface area contributed by atoms with Crippen LogP contribution in [-0.4, -0.2) is 46.4 Å². The molecule has 0 aliphatic carbocycles. The van der Waals surface area contributed by atoms with Gasteiger partial charge in [-0.2, -0.15) is 0 Å². The number of hydrogen-bond donors (Lipinski definition) is 0. The number of carbonyl (C=O) groups is 2. The third kappa shape index (κ3) is 3.27. The zero-order chi connectivity index (χ0) is 13.7. The van der Waals surface area contributed by atoms with Gasteiger partial charge in [0.05, 0.1) is 18.1 Å². The Morgan fingerprint density at radius 1 is 1.42 bits per heavy atom. The molecule has 102 valence electrons. The Bertz CT molecular complexity index is 450. The highest BCUT2D eigenvalue weighted by Gasteiger charge is 2.29. The number of aromatic nitrogens is 2. The lowest BCUT2D eigenvalue weighted by Gasteiger charge is -2.31. The minimum atomic E-state index is -0.220. The van der Waals surface area contributed by atoms with Crippen LogP contribution < -0.4 is 0 Å². The molecule has 6 heteroatoms. The average Bonchev–Trinajstić information content (AvgIpc) is 2.48. The van der Waals surface area contributed by atoms with Gasteiger partial charge in [-0.1, -0.05) is 0 Å². The second-order valence-corrected chi connectivity index (χ2v) is 4.47. The summed E-state index contributed by atoms with van der Waals surface area (Å²) in [5.74, 6) is -0.568. The quantitative estimate of drug-likeness (QED) is 0.757. The van der Waals surface area contributed by atoms with E-state index in [-0.39, 0.29) is 17.8 Å². The first-order valence-electron chi connectivity index (χ1n) is 6.43. The lowest BCUT2D eigenvalue weighted by Crippen LogP contribution is -2.42. The van der Waals surface area contributed by atoms with Crippen LogP contribution in [0.1, 0.15) is 30.1 Å². The van der Waals surface area contributed by atoms with Gasteiger partial charge in [0, 0.05) is 25.5 Å². The first kappa shape index (κ1) is 13.5. The van der Waals surface area contributed by atoms with Crippen LogP contribution in [0, 0.1) is 5.92 Å². The van der Waals surface area contributed by atoms with E-state index >= 15 is 0 Å². The highest BCUT2D eigenvalue weighted by Crippen LogP contribution is 2.19. The van der Waals surface area contributed by atoms with Crippen LogP contribution in [0.5, 0.6) is 0 Å². The van der Waals surface area contributed by atoms with Crippen molar-refractivity contribution in [1.29, 1.82) is 0 Å².